The van der Waals surface area contributed by atoms with Crippen LogP contribution < -0.4 is 21.5 Å². The molecule has 1 heterocycles. The van der Waals surface area contributed by atoms with Crippen LogP contribution >= 0.6 is 0 Å². The minimum Gasteiger partial charge on any atom is -0.482 e. The average molecular weight is 249 g/mol. The van der Waals surface area contributed by atoms with Gasteiger partial charge in [0.05, 0.1) is 5.69 Å². The summed E-state index contributed by atoms with van der Waals surface area (Å²) in [5.41, 5.74) is 13.4. The average Bonchev–Trinajstić information content (AvgIpc) is 2.25. The Morgan fingerprint density at radius 1 is 1.50 bits per heavy atom. The molecule has 18 heavy (non-hydrogen) atoms. The number of rotatable bonds is 3. The Morgan fingerprint density at radius 3 is 2.89 bits per heavy atom. The molecule has 0 aromatic heterocycles. The lowest BCUT2D eigenvalue weighted by molar-refractivity contribution is -0.118. The van der Waals surface area contributed by atoms with E-state index >= 15 is 0 Å². The fraction of sp³-hybridized carbons (Fsp3) is 0.462. The van der Waals surface area contributed by atoms with Crippen LogP contribution in [0.2, 0.25) is 0 Å². The topological polar surface area (TPSA) is 90.4 Å². The van der Waals surface area contributed by atoms with Crippen LogP contribution in [-0.2, 0) is 4.79 Å². The molecule has 1 aliphatic heterocycles. The van der Waals surface area contributed by atoms with Crippen molar-refractivity contribution in [2.45, 2.75) is 31.8 Å². The predicted octanol–water partition coefficient (Wildman–Crippen LogP) is 1.14. The minimum absolute atomic E-state index is 0.0637. The Hall–Kier alpha value is -1.59. The number of fused-ring (bicyclic) bond motifs is 1. The zero-order valence-corrected chi connectivity index (χ0v) is 10.7. The van der Waals surface area contributed by atoms with Gasteiger partial charge in [-0.2, -0.15) is 0 Å². The van der Waals surface area contributed by atoms with Gasteiger partial charge in [-0.1, -0.05) is 6.07 Å². The SMILES string of the molecule is CC(C)(N)CC(N)c1ccc2c(c1)NC(=O)CO2. The van der Waals surface area contributed by atoms with Crippen LogP contribution in [-0.4, -0.2) is 18.1 Å². The van der Waals surface area contributed by atoms with Gasteiger partial charge in [0.25, 0.3) is 5.91 Å². The molecule has 5 N–H and O–H groups in total. The molecule has 0 saturated heterocycles. The van der Waals surface area contributed by atoms with Gasteiger partial charge in [-0.25, -0.2) is 0 Å². The molecule has 5 nitrogen and oxygen atoms in total. The molecule has 1 aromatic carbocycles. The zero-order chi connectivity index (χ0) is 13.3. The zero-order valence-electron chi connectivity index (χ0n) is 10.7. The van der Waals surface area contributed by atoms with Crippen LogP contribution in [0.15, 0.2) is 18.2 Å². The summed E-state index contributed by atoms with van der Waals surface area (Å²) in [6.45, 7) is 3.94. The molecule has 0 spiro atoms. The monoisotopic (exact) mass is 249 g/mol. The molecule has 5 heteroatoms. The van der Waals surface area contributed by atoms with Crippen LogP contribution in [0, 0.1) is 0 Å². The number of amides is 1. The summed E-state index contributed by atoms with van der Waals surface area (Å²) in [4.78, 5) is 11.2. The molecule has 2 rings (SSSR count). The fourth-order valence-electron chi connectivity index (χ4n) is 2.02. The Balaban J connectivity index is 2.20. The van der Waals surface area contributed by atoms with Gasteiger partial charge in [-0.05, 0) is 38.0 Å². The van der Waals surface area contributed by atoms with Crippen molar-refractivity contribution in [2.24, 2.45) is 11.5 Å². The third-order valence-electron chi connectivity index (χ3n) is 2.81. The molecule has 1 unspecified atom stereocenters. The lowest BCUT2D eigenvalue weighted by Crippen LogP contribution is -2.36. The van der Waals surface area contributed by atoms with E-state index in [1.54, 1.807) is 0 Å². The lowest BCUT2D eigenvalue weighted by Gasteiger charge is -2.25. The number of hydrogen-bond acceptors (Lipinski definition) is 4. The summed E-state index contributed by atoms with van der Waals surface area (Å²) in [7, 11) is 0. The van der Waals surface area contributed by atoms with E-state index in [-0.39, 0.29) is 24.1 Å². The van der Waals surface area contributed by atoms with Crippen molar-refractivity contribution in [2.75, 3.05) is 11.9 Å². The van der Waals surface area contributed by atoms with E-state index in [9.17, 15) is 4.79 Å². The molecular formula is C13H19N3O2. The standard InChI is InChI=1S/C13H19N3O2/c1-13(2,15)6-9(14)8-3-4-11-10(5-8)16-12(17)7-18-11/h3-5,9H,6-7,14-15H2,1-2H3,(H,16,17). The molecule has 0 saturated carbocycles. The van der Waals surface area contributed by atoms with E-state index in [1.165, 1.54) is 0 Å². The van der Waals surface area contributed by atoms with Crippen molar-refractivity contribution in [3.8, 4) is 5.75 Å². The first-order chi connectivity index (χ1) is 8.35. The third kappa shape index (κ3) is 3.00. The Labute approximate surface area is 106 Å². The highest BCUT2D eigenvalue weighted by molar-refractivity contribution is 5.95. The maximum Gasteiger partial charge on any atom is 0.262 e. The van der Waals surface area contributed by atoms with E-state index in [0.717, 1.165) is 5.56 Å². The summed E-state index contributed by atoms with van der Waals surface area (Å²) >= 11 is 0. The molecule has 0 fully saturated rings. The van der Waals surface area contributed by atoms with Crippen molar-refractivity contribution >= 4 is 11.6 Å². The van der Waals surface area contributed by atoms with Gasteiger partial charge in [0, 0.05) is 11.6 Å². The largest absolute Gasteiger partial charge is 0.482 e. The first-order valence-corrected chi connectivity index (χ1v) is 5.96. The van der Waals surface area contributed by atoms with Gasteiger partial charge in [0.1, 0.15) is 5.75 Å². The van der Waals surface area contributed by atoms with Crippen LogP contribution in [0.4, 0.5) is 5.69 Å². The lowest BCUT2D eigenvalue weighted by atomic mass is 9.92. The number of benzene rings is 1. The van der Waals surface area contributed by atoms with Crippen molar-refractivity contribution in [1.29, 1.82) is 0 Å². The molecule has 1 amide bonds. The first kappa shape index (κ1) is 12.9. The Morgan fingerprint density at radius 2 is 2.22 bits per heavy atom. The molecule has 1 atom stereocenters. The smallest absolute Gasteiger partial charge is 0.262 e. The van der Waals surface area contributed by atoms with Crippen molar-refractivity contribution in [3.05, 3.63) is 23.8 Å². The maximum absolute atomic E-state index is 11.2. The van der Waals surface area contributed by atoms with Crippen LogP contribution in [0.3, 0.4) is 0 Å². The summed E-state index contributed by atoms with van der Waals surface area (Å²) in [6.07, 6.45) is 0.667. The Kier molecular flexibility index (Phi) is 3.28. The normalized spacial score (nSPS) is 16.6. The fourth-order valence-corrected chi connectivity index (χ4v) is 2.02. The number of hydrogen-bond donors (Lipinski definition) is 3. The number of nitrogens with one attached hydrogen (secondary N) is 1. The third-order valence-corrected chi connectivity index (χ3v) is 2.81. The number of carbonyl (C=O) groups is 1. The van der Waals surface area contributed by atoms with E-state index in [2.05, 4.69) is 5.32 Å². The van der Waals surface area contributed by atoms with Gasteiger partial charge in [-0.15, -0.1) is 0 Å². The van der Waals surface area contributed by atoms with Gasteiger partial charge < -0.3 is 21.5 Å². The quantitative estimate of drug-likeness (QED) is 0.749. The van der Waals surface area contributed by atoms with Crippen molar-refractivity contribution in [3.63, 3.8) is 0 Å². The Bertz CT molecular complexity index is 466. The van der Waals surface area contributed by atoms with Gasteiger partial charge >= 0.3 is 0 Å². The van der Waals surface area contributed by atoms with Crippen molar-refractivity contribution < 1.29 is 9.53 Å². The second-order valence-corrected chi connectivity index (χ2v) is 5.39. The highest BCUT2D eigenvalue weighted by atomic mass is 16.5. The summed E-state index contributed by atoms with van der Waals surface area (Å²) in [5.74, 6) is 0.532. The summed E-state index contributed by atoms with van der Waals surface area (Å²) < 4.78 is 5.29. The molecule has 1 aliphatic rings. The first-order valence-electron chi connectivity index (χ1n) is 5.96. The maximum atomic E-state index is 11.2. The number of carbonyl (C=O) groups excluding carboxylic acids is 1. The number of ether oxygens (including phenoxy) is 1. The highest BCUT2D eigenvalue weighted by Gasteiger charge is 2.20. The number of anilines is 1. The molecule has 98 valence electrons. The molecule has 1 aromatic rings. The van der Waals surface area contributed by atoms with E-state index in [1.807, 2.05) is 32.0 Å². The van der Waals surface area contributed by atoms with Crippen LogP contribution in [0.1, 0.15) is 31.9 Å². The van der Waals surface area contributed by atoms with Gasteiger partial charge in [-0.3, -0.25) is 4.79 Å². The van der Waals surface area contributed by atoms with E-state index in [0.29, 0.717) is 17.9 Å². The predicted molar refractivity (Wildman–Crippen MR) is 70.4 cm³/mol. The molecule has 0 radical (unpaired) electrons. The molecular weight excluding hydrogens is 230 g/mol. The van der Waals surface area contributed by atoms with E-state index in [4.69, 9.17) is 16.2 Å². The second-order valence-electron chi connectivity index (χ2n) is 5.39. The summed E-state index contributed by atoms with van der Waals surface area (Å²) in [6, 6.07) is 5.43. The number of nitrogens with two attached hydrogens (primary N) is 2. The van der Waals surface area contributed by atoms with Crippen LogP contribution in [0.25, 0.3) is 0 Å². The highest BCUT2D eigenvalue weighted by Crippen LogP contribution is 2.31. The second kappa shape index (κ2) is 4.59. The van der Waals surface area contributed by atoms with Crippen molar-refractivity contribution in [1.82, 2.24) is 0 Å². The van der Waals surface area contributed by atoms with Crippen LogP contribution in [0.5, 0.6) is 5.75 Å². The molecule has 0 bridgehead atoms. The molecule has 0 aliphatic carbocycles. The van der Waals surface area contributed by atoms with E-state index < -0.39 is 0 Å². The van der Waals surface area contributed by atoms with Gasteiger partial charge in [0.15, 0.2) is 6.61 Å². The van der Waals surface area contributed by atoms with Gasteiger partial charge in [0.2, 0.25) is 0 Å². The summed E-state index contributed by atoms with van der Waals surface area (Å²) in [5, 5.41) is 2.77. The minimum atomic E-state index is -0.324.